The van der Waals surface area contributed by atoms with Crippen molar-refractivity contribution in [3.63, 3.8) is 0 Å². The summed E-state index contributed by atoms with van der Waals surface area (Å²) in [6, 6.07) is 28.5. The Morgan fingerprint density at radius 3 is 0.977 bits per heavy atom. The van der Waals surface area contributed by atoms with Gasteiger partial charge in [-0.2, -0.15) is 46.0 Å². The smallest absolute Gasteiger partial charge is 0.497 e. The zero-order valence-electron chi connectivity index (χ0n) is 48.8. The van der Waals surface area contributed by atoms with Crippen LogP contribution in [0, 0.1) is 23.7 Å². The van der Waals surface area contributed by atoms with E-state index in [4.69, 9.17) is 69.5 Å². The Labute approximate surface area is 538 Å². The van der Waals surface area contributed by atoms with Gasteiger partial charge >= 0.3 is 11.7 Å². The fourth-order valence-electron chi connectivity index (χ4n) is 7.76. The summed E-state index contributed by atoms with van der Waals surface area (Å²) in [7, 11) is -8.81. The molecule has 0 spiro atoms. The van der Waals surface area contributed by atoms with Gasteiger partial charge in [0.15, 0.2) is 21.4 Å². The average Bonchev–Trinajstić information content (AvgIpc) is 3.64. The van der Waals surface area contributed by atoms with Crippen molar-refractivity contribution in [3.8, 4) is 23.0 Å². The third kappa shape index (κ3) is 29.3. The zero-order valence-corrected chi connectivity index (χ0v) is 54.7. The molecule has 4 rings (SSSR count). The van der Waals surface area contributed by atoms with E-state index in [9.17, 15) is 62.4 Å². The standard InChI is InChI=1S/C30H35F6NO6S3.C30H41NO6S3.Ni/c1-19(25(38)17-46(40,41)30(34,35)36)5-3-15-42-23-11-7-21(8-12-23)26(44)27(45)22-9-13-24(14-10-22)43-16-4-6-20(2)28(39)37-18-29(31,32)33;1-5-31-30(33)22(3)9-7-19-37-26-16-12-24(13-17-26)29(39)28(38)23-10-14-25(15-11-23)36-18-6-8-21(2)27(32)20-40(4,34)35;/h7-14,19-20,44-45H,3-6,15-18H2,1-2H3,(H,37,39);10-17,21-22,38-39H,5-9,18-20H2,1-4H3,(H,31,33);/p-4. The summed E-state index contributed by atoms with van der Waals surface area (Å²) in [4.78, 5) is 49.3. The molecule has 2 amide bonds. The minimum Gasteiger partial charge on any atom is -0.781 e. The van der Waals surface area contributed by atoms with Gasteiger partial charge in [0, 0.05) is 53.0 Å². The molecule has 87 heavy (non-hydrogen) atoms. The number of rotatable bonds is 34. The molecule has 0 bridgehead atoms. The first-order valence-electron chi connectivity index (χ1n) is 27.5. The Morgan fingerprint density at radius 2 is 0.724 bits per heavy atom. The molecule has 4 atom stereocenters. The third-order valence-corrected chi connectivity index (χ3v) is 17.2. The Balaban J connectivity index is 0.000000592. The number of halogens is 6. The molecule has 0 aliphatic rings. The van der Waals surface area contributed by atoms with Gasteiger partial charge in [-0.05, 0) is 129 Å². The molecule has 486 valence electrons. The number of ether oxygens (including phenoxy) is 4. The van der Waals surface area contributed by atoms with Crippen molar-refractivity contribution < 1.29 is 97.8 Å². The summed E-state index contributed by atoms with van der Waals surface area (Å²) in [6.45, 7) is 9.12. The van der Waals surface area contributed by atoms with Crippen LogP contribution in [0.2, 0.25) is 0 Å². The van der Waals surface area contributed by atoms with Gasteiger partial charge in [0.25, 0.3) is 9.84 Å². The first-order chi connectivity index (χ1) is 40.2. The van der Waals surface area contributed by atoms with Gasteiger partial charge in [-0.15, -0.1) is 0 Å². The van der Waals surface area contributed by atoms with Crippen molar-refractivity contribution in [2.75, 3.05) is 57.3 Å². The molecule has 2 N–H and O–H groups in total. The molecule has 0 fully saturated rings. The topological polar surface area (TPSA) is 198 Å². The molecule has 0 aliphatic heterocycles. The van der Waals surface area contributed by atoms with Crippen LogP contribution in [0.3, 0.4) is 0 Å². The van der Waals surface area contributed by atoms with Crippen LogP contribution in [-0.2, 0) is 106 Å². The minimum atomic E-state index is -5.51. The molecule has 27 heteroatoms. The zero-order chi connectivity index (χ0) is 64.4. The first-order valence-corrected chi connectivity index (χ1v) is 32.8. The van der Waals surface area contributed by atoms with E-state index in [2.05, 4.69) is 5.32 Å². The number of Topliss-reactive ketones (excluding diaryl/α,β-unsaturated/α-hetero) is 2. The molecule has 0 aromatic heterocycles. The number of carbonyl (C=O) groups is 4. The molecule has 4 aromatic rings. The van der Waals surface area contributed by atoms with Gasteiger partial charge in [0.05, 0.1) is 26.4 Å². The minimum absolute atomic E-state index is 0. The average molecular weight is 1380 g/mol. The summed E-state index contributed by atoms with van der Waals surface area (Å²) >= 11 is 22.3. The fourth-order valence-corrected chi connectivity index (χ4v) is 10.4. The van der Waals surface area contributed by atoms with E-state index in [1.807, 2.05) is 67.7 Å². The molecule has 4 aromatic carbocycles. The maximum Gasteiger partial charge on any atom is 0.497 e. The molecule has 0 aliphatic carbocycles. The maximum atomic E-state index is 12.5. The van der Waals surface area contributed by atoms with E-state index in [0.29, 0.717) is 99.9 Å². The van der Waals surface area contributed by atoms with E-state index in [1.54, 1.807) is 62.4 Å². The number of amides is 2. The summed E-state index contributed by atoms with van der Waals surface area (Å²) in [5.74, 6) is -3.27. The number of benzene rings is 4. The second-order valence-electron chi connectivity index (χ2n) is 20.4. The summed E-state index contributed by atoms with van der Waals surface area (Å²) in [5.41, 5.74) is -2.49. The SMILES string of the molecule is CC(CCCOc1ccc(C([S-])=C([S-])c2ccc(OCCCC(C)C(=O)NCC(F)(F)F)cc2)cc1)C(=O)CS(=O)(=O)C(F)(F)F.CCNC(=O)C(C)CCCOc1ccc(C([S-])=C([S-])c2ccc(OCCCC(C)C(=O)CS(C)(=O)=O)cc2)cc1.[Ni]. The summed E-state index contributed by atoms with van der Waals surface area (Å²) in [6.07, 6.45) is 0.625. The molecular formula is C60H72F6N2NiO12S6-4. The second-order valence-corrected chi connectivity index (χ2v) is 26.2. The van der Waals surface area contributed by atoms with Crippen LogP contribution in [0.25, 0.3) is 19.6 Å². The van der Waals surface area contributed by atoms with Crippen molar-refractivity contribution in [2.24, 2.45) is 23.7 Å². The van der Waals surface area contributed by atoms with Crippen LogP contribution in [-0.4, -0.2) is 109 Å². The van der Waals surface area contributed by atoms with Crippen molar-refractivity contribution in [2.45, 2.75) is 97.7 Å². The molecule has 0 radical (unpaired) electrons. The number of ketones is 2. The van der Waals surface area contributed by atoms with Crippen LogP contribution in [0.15, 0.2) is 97.1 Å². The predicted octanol–water partition coefficient (Wildman–Crippen LogP) is 11.3. The van der Waals surface area contributed by atoms with Gasteiger partial charge in [-0.3, -0.25) is 19.2 Å². The number of nitrogens with one attached hydrogen (secondary N) is 2. The van der Waals surface area contributed by atoms with Gasteiger partial charge in [0.2, 0.25) is 11.8 Å². The Hall–Kier alpha value is -5.31. The maximum absolute atomic E-state index is 12.5. The Morgan fingerprint density at radius 1 is 0.460 bits per heavy atom. The van der Waals surface area contributed by atoms with Crippen molar-refractivity contribution in [3.05, 3.63) is 119 Å². The quantitative estimate of drug-likeness (QED) is 0.0147. The molecule has 4 unspecified atom stereocenters. The first kappa shape index (κ1) is 77.8. The van der Waals surface area contributed by atoms with Gasteiger partial charge < -0.3 is 80.1 Å². The van der Waals surface area contributed by atoms with E-state index in [1.165, 1.54) is 6.92 Å². The van der Waals surface area contributed by atoms with Gasteiger partial charge in [0.1, 0.15) is 41.0 Å². The van der Waals surface area contributed by atoms with Crippen molar-refractivity contribution in [1.29, 1.82) is 0 Å². The molecular weight excluding hydrogens is 1310 g/mol. The molecule has 0 saturated heterocycles. The van der Waals surface area contributed by atoms with Gasteiger partial charge in [-0.25, -0.2) is 16.8 Å². The number of hydrogen-bond acceptors (Lipinski definition) is 16. The van der Waals surface area contributed by atoms with Crippen molar-refractivity contribution >= 4 is 113 Å². The molecule has 14 nitrogen and oxygen atoms in total. The monoisotopic (exact) mass is 1380 g/mol. The van der Waals surface area contributed by atoms with Crippen LogP contribution in [0.5, 0.6) is 23.0 Å². The number of carbonyl (C=O) groups excluding carboxylic acids is 4. The van der Waals surface area contributed by atoms with Crippen LogP contribution < -0.4 is 29.6 Å². The van der Waals surface area contributed by atoms with Crippen LogP contribution in [0.1, 0.15) is 108 Å². The van der Waals surface area contributed by atoms with E-state index in [0.717, 1.165) is 36.0 Å². The normalized spacial score (nSPS) is 13.7. The molecule has 0 saturated carbocycles. The predicted molar refractivity (Wildman–Crippen MR) is 332 cm³/mol. The van der Waals surface area contributed by atoms with E-state index < -0.39 is 72.9 Å². The van der Waals surface area contributed by atoms with Gasteiger partial charge in [-0.1, -0.05) is 76.2 Å². The van der Waals surface area contributed by atoms with Crippen LogP contribution in [0.4, 0.5) is 26.3 Å². The largest absolute Gasteiger partial charge is 0.781 e. The Bertz CT molecular complexity index is 3120. The summed E-state index contributed by atoms with van der Waals surface area (Å²) in [5, 5.41) is 4.70. The third-order valence-electron chi connectivity index (χ3n) is 13.0. The number of sulfone groups is 2. The Kier molecular flexibility index (Phi) is 33.7. The fraction of sp³-hybridized carbons (Fsp3) is 0.467. The van der Waals surface area contributed by atoms with E-state index in [-0.39, 0.29) is 59.7 Å². The number of alkyl halides is 6. The van der Waals surface area contributed by atoms with Crippen molar-refractivity contribution in [1.82, 2.24) is 10.6 Å². The summed E-state index contributed by atoms with van der Waals surface area (Å²) < 4.78 is 142. The molecule has 0 heterocycles. The second kappa shape index (κ2) is 37.6. The number of hydrogen-bond donors (Lipinski definition) is 2. The van der Waals surface area contributed by atoms with Crippen LogP contribution >= 0.6 is 0 Å². The van der Waals surface area contributed by atoms with E-state index >= 15 is 0 Å².